The van der Waals surface area contributed by atoms with Crippen molar-refractivity contribution in [3.63, 3.8) is 0 Å². The smallest absolute Gasteiger partial charge is 0.236 e. The highest BCUT2D eigenvalue weighted by Crippen LogP contribution is 2.26. The van der Waals surface area contributed by atoms with Crippen LogP contribution in [-0.4, -0.2) is 5.91 Å². The summed E-state index contributed by atoms with van der Waals surface area (Å²) in [6.45, 7) is 2.01. The standard InChI is InChI=1S/C10H12N2O/c1-10(7-9(13)11-12-10)8-5-3-2-4-6-8/h2-6,12H,7H2,1H3,(H,11,13). The second-order valence-electron chi connectivity index (χ2n) is 3.55. The molecule has 1 unspecified atom stereocenters. The average molecular weight is 176 g/mol. The largest absolute Gasteiger partial charge is 0.291 e. The van der Waals surface area contributed by atoms with E-state index in [4.69, 9.17) is 0 Å². The van der Waals surface area contributed by atoms with E-state index in [1.807, 2.05) is 37.3 Å². The van der Waals surface area contributed by atoms with Gasteiger partial charge in [-0.1, -0.05) is 30.3 Å². The Morgan fingerprint density at radius 3 is 2.54 bits per heavy atom. The number of carbonyl (C=O) groups is 1. The lowest BCUT2D eigenvalue weighted by Gasteiger charge is -2.22. The van der Waals surface area contributed by atoms with E-state index in [0.29, 0.717) is 6.42 Å². The van der Waals surface area contributed by atoms with Crippen molar-refractivity contribution < 1.29 is 4.79 Å². The molecule has 1 fully saturated rings. The van der Waals surface area contributed by atoms with Gasteiger partial charge in [0.05, 0.1) is 12.0 Å². The summed E-state index contributed by atoms with van der Waals surface area (Å²) in [4.78, 5) is 11.1. The molecular weight excluding hydrogens is 164 g/mol. The lowest BCUT2D eigenvalue weighted by Crippen LogP contribution is -2.38. The maximum absolute atomic E-state index is 11.1. The predicted molar refractivity (Wildman–Crippen MR) is 49.7 cm³/mol. The summed E-state index contributed by atoms with van der Waals surface area (Å²) in [5.41, 5.74) is 6.50. The molecule has 1 heterocycles. The van der Waals surface area contributed by atoms with Gasteiger partial charge in [0.15, 0.2) is 0 Å². The van der Waals surface area contributed by atoms with E-state index in [2.05, 4.69) is 10.9 Å². The van der Waals surface area contributed by atoms with Gasteiger partial charge in [0, 0.05) is 0 Å². The number of nitrogens with one attached hydrogen (secondary N) is 2. The van der Waals surface area contributed by atoms with Crippen LogP contribution in [0.1, 0.15) is 18.9 Å². The van der Waals surface area contributed by atoms with E-state index >= 15 is 0 Å². The molecule has 68 valence electrons. The fourth-order valence-electron chi connectivity index (χ4n) is 1.60. The van der Waals surface area contributed by atoms with Gasteiger partial charge in [-0.3, -0.25) is 10.2 Å². The van der Waals surface area contributed by atoms with E-state index in [-0.39, 0.29) is 11.4 Å². The molecule has 1 aromatic carbocycles. The van der Waals surface area contributed by atoms with Crippen LogP contribution >= 0.6 is 0 Å². The number of amides is 1. The Morgan fingerprint density at radius 2 is 2.00 bits per heavy atom. The summed E-state index contributed by atoms with van der Waals surface area (Å²) in [7, 11) is 0. The number of hydrogen-bond donors (Lipinski definition) is 2. The van der Waals surface area contributed by atoms with E-state index < -0.39 is 0 Å². The molecule has 0 spiro atoms. The zero-order chi connectivity index (χ0) is 9.31. The average Bonchev–Trinajstić information content (AvgIpc) is 2.49. The summed E-state index contributed by atoms with van der Waals surface area (Å²) < 4.78 is 0. The number of carbonyl (C=O) groups excluding carboxylic acids is 1. The van der Waals surface area contributed by atoms with Crippen LogP contribution in [0.15, 0.2) is 30.3 Å². The molecule has 1 aliphatic rings. The van der Waals surface area contributed by atoms with Crippen molar-refractivity contribution in [3.8, 4) is 0 Å². The quantitative estimate of drug-likeness (QED) is 0.668. The molecule has 1 aromatic rings. The van der Waals surface area contributed by atoms with Gasteiger partial charge in [-0.15, -0.1) is 0 Å². The summed E-state index contributed by atoms with van der Waals surface area (Å²) in [5.74, 6) is 0.0475. The summed E-state index contributed by atoms with van der Waals surface area (Å²) in [6.07, 6.45) is 0.497. The minimum Gasteiger partial charge on any atom is -0.291 e. The summed E-state index contributed by atoms with van der Waals surface area (Å²) >= 11 is 0. The van der Waals surface area contributed by atoms with Crippen molar-refractivity contribution in [1.82, 2.24) is 10.9 Å². The highest BCUT2D eigenvalue weighted by atomic mass is 16.2. The molecule has 0 aliphatic carbocycles. The highest BCUT2D eigenvalue weighted by Gasteiger charge is 2.34. The molecule has 13 heavy (non-hydrogen) atoms. The van der Waals surface area contributed by atoms with Crippen molar-refractivity contribution in [2.75, 3.05) is 0 Å². The Kier molecular flexibility index (Phi) is 1.81. The maximum atomic E-state index is 11.1. The molecule has 2 rings (SSSR count). The number of benzene rings is 1. The van der Waals surface area contributed by atoms with Crippen LogP contribution in [0.5, 0.6) is 0 Å². The molecule has 2 N–H and O–H groups in total. The topological polar surface area (TPSA) is 41.1 Å². The second kappa shape index (κ2) is 2.85. The first-order valence-electron chi connectivity index (χ1n) is 4.32. The third-order valence-electron chi connectivity index (χ3n) is 2.40. The number of hydrogen-bond acceptors (Lipinski definition) is 2. The molecule has 1 saturated heterocycles. The van der Waals surface area contributed by atoms with Crippen LogP contribution in [0.4, 0.5) is 0 Å². The van der Waals surface area contributed by atoms with Crippen LogP contribution in [0.2, 0.25) is 0 Å². The molecule has 0 saturated carbocycles. The molecular formula is C10H12N2O. The number of hydrazine groups is 1. The van der Waals surface area contributed by atoms with Crippen molar-refractivity contribution in [2.24, 2.45) is 0 Å². The van der Waals surface area contributed by atoms with Crippen LogP contribution in [0.3, 0.4) is 0 Å². The highest BCUT2D eigenvalue weighted by molar-refractivity contribution is 5.79. The lowest BCUT2D eigenvalue weighted by molar-refractivity contribution is -0.119. The zero-order valence-electron chi connectivity index (χ0n) is 7.50. The second-order valence-corrected chi connectivity index (χ2v) is 3.55. The lowest BCUT2D eigenvalue weighted by atomic mass is 9.90. The van der Waals surface area contributed by atoms with E-state index in [1.165, 1.54) is 0 Å². The van der Waals surface area contributed by atoms with Crippen molar-refractivity contribution in [1.29, 1.82) is 0 Å². The Morgan fingerprint density at radius 1 is 1.31 bits per heavy atom. The summed E-state index contributed by atoms with van der Waals surface area (Å²) in [6, 6.07) is 9.97. The van der Waals surface area contributed by atoms with Crippen LogP contribution < -0.4 is 10.9 Å². The Balaban J connectivity index is 2.31. The monoisotopic (exact) mass is 176 g/mol. The molecule has 3 nitrogen and oxygen atoms in total. The molecule has 1 aliphatic heterocycles. The first kappa shape index (κ1) is 8.26. The molecule has 1 amide bonds. The Labute approximate surface area is 77.1 Å². The van der Waals surface area contributed by atoms with E-state index in [0.717, 1.165) is 5.56 Å². The zero-order valence-corrected chi connectivity index (χ0v) is 7.50. The van der Waals surface area contributed by atoms with Gasteiger partial charge in [0.2, 0.25) is 5.91 Å². The van der Waals surface area contributed by atoms with Crippen molar-refractivity contribution in [2.45, 2.75) is 18.9 Å². The van der Waals surface area contributed by atoms with Gasteiger partial charge in [0.25, 0.3) is 0 Å². The fraction of sp³-hybridized carbons (Fsp3) is 0.300. The van der Waals surface area contributed by atoms with Gasteiger partial charge < -0.3 is 0 Å². The number of rotatable bonds is 1. The predicted octanol–water partition coefficient (Wildman–Crippen LogP) is 0.926. The van der Waals surface area contributed by atoms with Crippen molar-refractivity contribution >= 4 is 5.91 Å². The fourth-order valence-corrected chi connectivity index (χ4v) is 1.60. The van der Waals surface area contributed by atoms with Crippen LogP contribution in [-0.2, 0) is 10.3 Å². The Hall–Kier alpha value is -1.35. The normalized spacial score (nSPS) is 27.3. The third-order valence-corrected chi connectivity index (χ3v) is 2.40. The first-order chi connectivity index (χ1) is 6.21. The van der Waals surface area contributed by atoms with Gasteiger partial charge in [-0.05, 0) is 12.5 Å². The van der Waals surface area contributed by atoms with Gasteiger partial charge in [0.1, 0.15) is 0 Å². The van der Waals surface area contributed by atoms with Gasteiger partial charge in [-0.25, -0.2) is 5.43 Å². The molecule has 1 atom stereocenters. The van der Waals surface area contributed by atoms with Gasteiger partial charge in [-0.2, -0.15) is 0 Å². The molecule has 3 heteroatoms. The molecule has 0 radical (unpaired) electrons. The summed E-state index contributed by atoms with van der Waals surface area (Å²) in [5, 5.41) is 0. The minimum atomic E-state index is -0.252. The Bertz CT molecular complexity index is 323. The maximum Gasteiger partial charge on any atom is 0.236 e. The molecule has 0 aromatic heterocycles. The SMILES string of the molecule is CC1(c2ccccc2)CC(=O)NN1. The van der Waals surface area contributed by atoms with Gasteiger partial charge >= 0.3 is 0 Å². The first-order valence-corrected chi connectivity index (χ1v) is 4.32. The van der Waals surface area contributed by atoms with E-state index in [1.54, 1.807) is 0 Å². The third kappa shape index (κ3) is 1.42. The minimum absolute atomic E-state index is 0.0475. The van der Waals surface area contributed by atoms with Crippen molar-refractivity contribution in [3.05, 3.63) is 35.9 Å². The molecule has 0 bridgehead atoms. The van der Waals surface area contributed by atoms with E-state index in [9.17, 15) is 4.79 Å². The van der Waals surface area contributed by atoms with Crippen LogP contribution in [0.25, 0.3) is 0 Å². The van der Waals surface area contributed by atoms with Crippen LogP contribution in [0, 0.1) is 0 Å².